The Hall–Kier alpha value is -1.73. The topological polar surface area (TPSA) is 55.4 Å². The second kappa shape index (κ2) is 6.82. The van der Waals surface area contributed by atoms with Gasteiger partial charge in [0, 0.05) is 25.6 Å². The number of rotatable bonds is 5. The quantitative estimate of drug-likeness (QED) is 0.655. The third-order valence-corrected chi connectivity index (χ3v) is 3.14. The van der Waals surface area contributed by atoms with E-state index < -0.39 is 48.0 Å². The first-order valence-electron chi connectivity index (χ1n) is 6.47. The number of benzene rings is 1. The summed E-state index contributed by atoms with van der Waals surface area (Å²) >= 11 is 0. The third kappa shape index (κ3) is 4.12. The van der Waals surface area contributed by atoms with Gasteiger partial charge in [-0.15, -0.1) is 0 Å². The molecule has 7 heteroatoms. The molecule has 1 aromatic carbocycles. The number of ketones is 2. The summed E-state index contributed by atoms with van der Waals surface area (Å²) < 4.78 is 44.4. The molecule has 1 unspecified atom stereocenters. The second-order valence-corrected chi connectivity index (χ2v) is 4.78. The Morgan fingerprint density at radius 3 is 2.57 bits per heavy atom. The molecule has 1 aliphatic rings. The molecule has 0 aromatic heterocycles. The largest absolute Gasteiger partial charge is 0.368 e. The van der Waals surface area contributed by atoms with E-state index >= 15 is 0 Å². The first kappa shape index (κ1) is 15.7. The molecule has 114 valence electrons. The van der Waals surface area contributed by atoms with Gasteiger partial charge in [-0.1, -0.05) is 0 Å². The molecule has 1 aliphatic heterocycles. The van der Waals surface area contributed by atoms with Gasteiger partial charge in [0.25, 0.3) is 0 Å². The van der Waals surface area contributed by atoms with E-state index in [1.807, 2.05) is 0 Å². The smallest absolute Gasteiger partial charge is 0.170 e. The lowest BCUT2D eigenvalue weighted by Gasteiger charge is -2.22. The molecule has 4 nitrogen and oxygen atoms in total. The number of hydrogen-bond donors (Lipinski definition) is 1. The van der Waals surface area contributed by atoms with Crippen LogP contribution in [0.1, 0.15) is 12.0 Å². The van der Waals surface area contributed by atoms with Gasteiger partial charge in [0.2, 0.25) is 0 Å². The summed E-state index contributed by atoms with van der Waals surface area (Å²) in [5.74, 6) is -4.54. The van der Waals surface area contributed by atoms with E-state index in [1.54, 1.807) is 0 Å². The molecule has 1 saturated heterocycles. The van der Waals surface area contributed by atoms with Gasteiger partial charge in [0.1, 0.15) is 17.7 Å². The van der Waals surface area contributed by atoms with Crippen LogP contribution in [-0.4, -0.2) is 37.4 Å². The molecule has 21 heavy (non-hydrogen) atoms. The van der Waals surface area contributed by atoms with Crippen LogP contribution in [0.3, 0.4) is 0 Å². The average Bonchev–Trinajstić information content (AvgIpc) is 2.45. The lowest BCUT2D eigenvalue weighted by atomic mass is 10.0. The van der Waals surface area contributed by atoms with Crippen LogP contribution in [0.15, 0.2) is 12.1 Å². The molecule has 0 aliphatic carbocycles. The number of ether oxygens (including phenoxy) is 1. The Morgan fingerprint density at radius 2 is 1.90 bits per heavy atom. The Labute approximate surface area is 119 Å². The van der Waals surface area contributed by atoms with Gasteiger partial charge < -0.3 is 10.1 Å². The standard InChI is InChI=1S/C14H14F3NO3/c15-10-6-12(17)11(16)4-8(10)3-9(19)5-13(20)14-7-18-1-2-21-14/h4,6,14,18H,1-3,5,7H2. The first-order valence-corrected chi connectivity index (χ1v) is 6.47. The van der Waals surface area contributed by atoms with E-state index in [4.69, 9.17) is 4.74 Å². The molecule has 0 saturated carbocycles. The average molecular weight is 301 g/mol. The predicted molar refractivity (Wildman–Crippen MR) is 67.3 cm³/mol. The summed E-state index contributed by atoms with van der Waals surface area (Å²) in [7, 11) is 0. The van der Waals surface area contributed by atoms with Crippen LogP contribution in [-0.2, 0) is 20.7 Å². The van der Waals surface area contributed by atoms with Gasteiger partial charge in [-0.2, -0.15) is 0 Å². The second-order valence-electron chi connectivity index (χ2n) is 4.78. The van der Waals surface area contributed by atoms with Crippen LogP contribution in [0.25, 0.3) is 0 Å². The summed E-state index contributed by atoms with van der Waals surface area (Å²) in [5, 5.41) is 2.95. The van der Waals surface area contributed by atoms with Gasteiger partial charge in [-0.25, -0.2) is 13.2 Å². The molecule has 1 atom stereocenters. The third-order valence-electron chi connectivity index (χ3n) is 3.14. The number of carbonyl (C=O) groups excluding carboxylic acids is 2. The van der Waals surface area contributed by atoms with Crippen molar-refractivity contribution in [2.24, 2.45) is 0 Å². The summed E-state index contributed by atoms with van der Waals surface area (Å²) in [6.07, 6.45) is -1.59. The lowest BCUT2D eigenvalue weighted by Crippen LogP contribution is -2.43. The number of Topliss-reactive ketones (excluding diaryl/α,β-unsaturated/α-hetero) is 2. The number of hydrogen-bond acceptors (Lipinski definition) is 4. The minimum atomic E-state index is -1.32. The maximum absolute atomic E-state index is 13.4. The number of carbonyl (C=O) groups is 2. The fraction of sp³-hybridized carbons (Fsp3) is 0.429. The molecule has 1 fully saturated rings. The number of nitrogens with one attached hydrogen (secondary N) is 1. The Balaban J connectivity index is 1.95. The van der Waals surface area contributed by atoms with Crippen molar-refractivity contribution in [1.29, 1.82) is 0 Å². The normalized spacial score (nSPS) is 18.5. The van der Waals surface area contributed by atoms with Crippen LogP contribution >= 0.6 is 0 Å². The minimum Gasteiger partial charge on any atom is -0.368 e. The highest BCUT2D eigenvalue weighted by molar-refractivity contribution is 6.02. The van der Waals surface area contributed by atoms with Crippen molar-refractivity contribution in [2.45, 2.75) is 18.9 Å². The molecular formula is C14H14F3NO3. The van der Waals surface area contributed by atoms with Crippen molar-refractivity contribution >= 4 is 11.6 Å². The molecule has 0 spiro atoms. The van der Waals surface area contributed by atoms with Gasteiger partial charge in [-0.3, -0.25) is 9.59 Å². The lowest BCUT2D eigenvalue weighted by molar-refractivity contribution is -0.135. The maximum Gasteiger partial charge on any atom is 0.170 e. The highest BCUT2D eigenvalue weighted by Gasteiger charge is 2.24. The Morgan fingerprint density at radius 1 is 1.19 bits per heavy atom. The number of morpholine rings is 1. The first-order chi connectivity index (χ1) is 9.97. The summed E-state index contributed by atoms with van der Waals surface area (Å²) in [5.41, 5.74) is -0.269. The predicted octanol–water partition coefficient (Wildman–Crippen LogP) is 1.16. The molecule has 1 N–H and O–H groups in total. The van der Waals surface area contributed by atoms with Crippen LogP contribution in [0.5, 0.6) is 0 Å². The van der Waals surface area contributed by atoms with E-state index in [2.05, 4.69) is 5.32 Å². The van der Waals surface area contributed by atoms with Crippen LogP contribution in [0.2, 0.25) is 0 Å². The van der Waals surface area contributed by atoms with Crippen molar-refractivity contribution in [3.05, 3.63) is 35.1 Å². The van der Waals surface area contributed by atoms with E-state index in [0.29, 0.717) is 31.8 Å². The fourth-order valence-electron chi connectivity index (χ4n) is 2.05. The van der Waals surface area contributed by atoms with Gasteiger partial charge in [0.05, 0.1) is 13.0 Å². The van der Waals surface area contributed by atoms with Crippen LogP contribution in [0, 0.1) is 17.5 Å². The molecular weight excluding hydrogens is 287 g/mol. The van der Waals surface area contributed by atoms with Crippen LogP contribution in [0.4, 0.5) is 13.2 Å². The van der Waals surface area contributed by atoms with Crippen LogP contribution < -0.4 is 5.32 Å². The molecule has 0 bridgehead atoms. The van der Waals surface area contributed by atoms with E-state index in [-0.39, 0.29) is 5.56 Å². The van der Waals surface area contributed by atoms with E-state index in [1.165, 1.54) is 0 Å². The zero-order valence-corrected chi connectivity index (χ0v) is 11.1. The molecule has 0 radical (unpaired) electrons. The summed E-state index contributed by atoms with van der Waals surface area (Å²) in [4.78, 5) is 23.5. The fourth-order valence-corrected chi connectivity index (χ4v) is 2.05. The molecule has 0 amide bonds. The van der Waals surface area contributed by atoms with Gasteiger partial charge >= 0.3 is 0 Å². The van der Waals surface area contributed by atoms with Gasteiger partial charge in [0.15, 0.2) is 17.4 Å². The highest BCUT2D eigenvalue weighted by Crippen LogP contribution is 2.15. The zero-order chi connectivity index (χ0) is 15.4. The number of halogens is 3. The molecule has 1 heterocycles. The highest BCUT2D eigenvalue weighted by atomic mass is 19.2. The minimum absolute atomic E-state index is 0.269. The summed E-state index contributed by atoms with van der Waals surface area (Å²) in [6.45, 7) is 1.34. The van der Waals surface area contributed by atoms with E-state index in [9.17, 15) is 22.8 Å². The van der Waals surface area contributed by atoms with Crippen molar-refractivity contribution < 1.29 is 27.5 Å². The van der Waals surface area contributed by atoms with Crippen molar-refractivity contribution in [1.82, 2.24) is 5.32 Å². The monoisotopic (exact) mass is 301 g/mol. The summed E-state index contributed by atoms with van der Waals surface area (Å²) in [6, 6.07) is 1.01. The van der Waals surface area contributed by atoms with Crippen molar-refractivity contribution in [3.63, 3.8) is 0 Å². The molecule has 1 aromatic rings. The Bertz CT molecular complexity index is 557. The van der Waals surface area contributed by atoms with E-state index in [0.717, 1.165) is 0 Å². The van der Waals surface area contributed by atoms with Crippen molar-refractivity contribution in [2.75, 3.05) is 19.7 Å². The zero-order valence-electron chi connectivity index (χ0n) is 11.1. The Kier molecular flexibility index (Phi) is 5.08. The maximum atomic E-state index is 13.4. The van der Waals surface area contributed by atoms with Gasteiger partial charge in [-0.05, 0) is 11.6 Å². The SMILES string of the molecule is O=C(CC(=O)C1CNCCO1)Cc1cc(F)c(F)cc1F. The van der Waals surface area contributed by atoms with Crippen molar-refractivity contribution in [3.8, 4) is 0 Å². The molecule has 2 rings (SSSR count).